The summed E-state index contributed by atoms with van der Waals surface area (Å²) in [4.78, 5) is 0. The second-order valence-corrected chi connectivity index (χ2v) is 6.08. The summed E-state index contributed by atoms with van der Waals surface area (Å²) in [5, 5.41) is 3.51. The summed E-state index contributed by atoms with van der Waals surface area (Å²) in [5.41, 5.74) is 0. The maximum Gasteiger partial charge on any atom is 0.109 e. The van der Waals surface area contributed by atoms with Crippen LogP contribution in [-0.2, 0) is 4.74 Å². The van der Waals surface area contributed by atoms with Gasteiger partial charge in [-0.3, -0.25) is 0 Å². The van der Waals surface area contributed by atoms with Crippen molar-refractivity contribution in [2.24, 2.45) is 29.6 Å². The lowest BCUT2D eigenvalue weighted by Gasteiger charge is -2.20. The van der Waals surface area contributed by atoms with Crippen LogP contribution in [0, 0.1) is 29.6 Å². The third-order valence-electron chi connectivity index (χ3n) is 5.53. The van der Waals surface area contributed by atoms with Gasteiger partial charge >= 0.3 is 0 Å². The van der Waals surface area contributed by atoms with Gasteiger partial charge in [0.1, 0.15) is 5.76 Å². The number of hydrogen-bond acceptors (Lipinski definition) is 2. The van der Waals surface area contributed by atoms with Crippen molar-refractivity contribution in [3.63, 3.8) is 0 Å². The van der Waals surface area contributed by atoms with E-state index in [1.165, 1.54) is 18.6 Å². The molecule has 3 saturated carbocycles. The highest BCUT2D eigenvalue weighted by molar-refractivity contribution is 5.22. The van der Waals surface area contributed by atoms with Crippen molar-refractivity contribution in [3.05, 3.63) is 11.8 Å². The minimum atomic E-state index is 0.529. The topological polar surface area (TPSA) is 21.3 Å². The standard InChI is InChI=1S/C14H21NO/c1-15-14(10-3-2-6-16-10)13-11-8-4-5-9(7-8)12(11)13/h3,8-9,11-15H,2,4-7H2,1H3. The van der Waals surface area contributed by atoms with Gasteiger partial charge in [-0.25, -0.2) is 0 Å². The molecule has 2 bridgehead atoms. The zero-order valence-corrected chi connectivity index (χ0v) is 9.99. The van der Waals surface area contributed by atoms with Gasteiger partial charge in [-0.2, -0.15) is 0 Å². The van der Waals surface area contributed by atoms with E-state index in [4.69, 9.17) is 4.74 Å². The molecule has 0 aromatic carbocycles. The van der Waals surface area contributed by atoms with Crippen molar-refractivity contribution in [1.82, 2.24) is 5.32 Å². The summed E-state index contributed by atoms with van der Waals surface area (Å²) in [6, 6.07) is 0.529. The van der Waals surface area contributed by atoms with E-state index in [1.54, 1.807) is 6.42 Å². The highest BCUT2D eigenvalue weighted by atomic mass is 16.5. The second kappa shape index (κ2) is 3.25. The summed E-state index contributed by atoms with van der Waals surface area (Å²) < 4.78 is 5.76. The predicted molar refractivity (Wildman–Crippen MR) is 62.8 cm³/mol. The molecule has 1 heterocycles. The van der Waals surface area contributed by atoms with Crippen LogP contribution in [0.2, 0.25) is 0 Å². The lowest BCUT2D eigenvalue weighted by atomic mass is 9.96. The SMILES string of the molecule is CNC(C1=CCCO1)C1C2C3CCC(C3)C21. The smallest absolute Gasteiger partial charge is 0.109 e. The molecule has 0 saturated heterocycles. The molecule has 5 atom stereocenters. The van der Waals surface area contributed by atoms with Crippen molar-refractivity contribution in [3.8, 4) is 0 Å². The first-order valence-corrected chi connectivity index (χ1v) is 6.90. The molecule has 5 unspecified atom stereocenters. The van der Waals surface area contributed by atoms with Crippen LogP contribution < -0.4 is 5.32 Å². The number of ether oxygens (including phenoxy) is 1. The van der Waals surface area contributed by atoms with Gasteiger partial charge in [0.15, 0.2) is 0 Å². The normalized spacial score (nSPS) is 49.8. The molecule has 0 aromatic rings. The van der Waals surface area contributed by atoms with Crippen LogP contribution in [-0.4, -0.2) is 19.7 Å². The van der Waals surface area contributed by atoms with Gasteiger partial charge in [0.05, 0.1) is 12.6 Å². The first-order chi connectivity index (χ1) is 7.90. The van der Waals surface area contributed by atoms with Crippen molar-refractivity contribution in [2.45, 2.75) is 31.7 Å². The molecule has 0 aromatic heterocycles. The van der Waals surface area contributed by atoms with Gasteiger partial charge < -0.3 is 10.1 Å². The Kier molecular flexibility index (Phi) is 1.94. The molecule has 4 rings (SSSR count). The maximum atomic E-state index is 5.76. The molecular formula is C14H21NO. The summed E-state index contributed by atoms with van der Waals surface area (Å²) in [6.07, 6.45) is 7.99. The van der Waals surface area contributed by atoms with Crippen LogP contribution >= 0.6 is 0 Å². The Bertz CT molecular complexity index is 322. The van der Waals surface area contributed by atoms with Gasteiger partial charge in [0.2, 0.25) is 0 Å². The van der Waals surface area contributed by atoms with Crippen LogP contribution in [0.4, 0.5) is 0 Å². The fourth-order valence-corrected chi connectivity index (χ4v) is 5.02. The van der Waals surface area contributed by atoms with E-state index in [2.05, 4.69) is 18.4 Å². The number of rotatable bonds is 3. The van der Waals surface area contributed by atoms with Gasteiger partial charge in [-0.05, 0) is 62.0 Å². The molecule has 0 spiro atoms. The Morgan fingerprint density at radius 3 is 2.62 bits per heavy atom. The average molecular weight is 219 g/mol. The quantitative estimate of drug-likeness (QED) is 0.785. The zero-order chi connectivity index (χ0) is 10.7. The molecule has 0 amide bonds. The van der Waals surface area contributed by atoms with E-state index in [9.17, 15) is 0 Å². The Hall–Kier alpha value is -0.500. The van der Waals surface area contributed by atoms with Crippen LogP contribution in [0.3, 0.4) is 0 Å². The number of nitrogens with one attached hydrogen (secondary N) is 1. The predicted octanol–water partition coefficient (Wildman–Crippen LogP) is 2.17. The first kappa shape index (κ1) is 9.52. The molecular weight excluding hydrogens is 198 g/mol. The minimum absolute atomic E-state index is 0.529. The lowest BCUT2D eigenvalue weighted by Crippen LogP contribution is -2.32. The Morgan fingerprint density at radius 2 is 2.06 bits per heavy atom. The van der Waals surface area contributed by atoms with Crippen molar-refractivity contribution >= 4 is 0 Å². The molecule has 2 heteroatoms. The number of likely N-dealkylation sites (N-methyl/N-ethyl adjacent to an activating group) is 1. The van der Waals surface area contributed by atoms with Crippen LogP contribution in [0.15, 0.2) is 11.8 Å². The van der Waals surface area contributed by atoms with Crippen molar-refractivity contribution < 1.29 is 4.74 Å². The van der Waals surface area contributed by atoms with Crippen molar-refractivity contribution in [2.75, 3.05) is 13.7 Å². The van der Waals surface area contributed by atoms with Gasteiger partial charge in [0.25, 0.3) is 0 Å². The molecule has 2 nitrogen and oxygen atoms in total. The summed E-state index contributed by atoms with van der Waals surface area (Å²) in [5.74, 6) is 6.38. The summed E-state index contributed by atoms with van der Waals surface area (Å²) in [6.45, 7) is 0.905. The molecule has 1 aliphatic heterocycles. The summed E-state index contributed by atoms with van der Waals surface area (Å²) >= 11 is 0. The fourth-order valence-electron chi connectivity index (χ4n) is 5.02. The Morgan fingerprint density at radius 1 is 1.31 bits per heavy atom. The molecule has 3 fully saturated rings. The van der Waals surface area contributed by atoms with Crippen LogP contribution in [0.25, 0.3) is 0 Å². The molecule has 16 heavy (non-hydrogen) atoms. The number of fused-ring (bicyclic) bond motifs is 5. The fraction of sp³-hybridized carbons (Fsp3) is 0.857. The Labute approximate surface area is 97.4 Å². The molecule has 4 aliphatic rings. The van der Waals surface area contributed by atoms with Gasteiger partial charge in [-0.15, -0.1) is 0 Å². The largest absolute Gasteiger partial charge is 0.496 e. The van der Waals surface area contributed by atoms with E-state index in [-0.39, 0.29) is 0 Å². The molecule has 0 radical (unpaired) electrons. The second-order valence-electron chi connectivity index (χ2n) is 6.08. The molecule has 3 aliphatic carbocycles. The lowest BCUT2D eigenvalue weighted by molar-refractivity contribution is 0.202. The third kappa shape index (κ3) is 1.11. The maximum absolute atomic E-state index is 5.76. The number of hydrogen-bond donors (Lipinski definition) is 1. The molecule has 88 valence electrons. The van der Waals surface area contributed by atoms with E-state index < -0.39 is 0 Å². The monoisotopic (exact) mass is 219 g/mol. The third-order valence-corrected chi connectivity index (χ3v) is 5.53. The first-order valence-electron chi connectivity index (χ1n) is 6.90. The zero-order valence-electron chi connectivity index (χ0n) is 9.99. The summed E-state index contributed by atoms with van der Waals surface area (Å²) in [7, 11) is 2.10. The average Bonchev–Trinajstić information content (AvgIpc) is 2.78. The highest BCUT2D eigenvalue weighted by Crippen LogP contribution is 2.70. The van der Waals surface area contributed by atoms with E-state index >= 15 is 0 Å². The minimum Gasteiger partial charge on any atom is -0.496 e. The Balaban J connectivity index is 1.54. The van der Waals surface area contributed by atoms with Gasteiger partial charge in [-0.1, -0.05) is 0 Å². The van der Waals surface area contributed by atoms with Crippen LogP contribution in [0.5, 0.6) is 0 Å². The van der Waals surface area contributed by atoms with E-state index in [0.717, 1.165) is 42.6 Å². The van der Waals surface area contributed by atoms with Crippen molar-refractivity contribution in [1.29, 1.82) is 0 Å². The van der Waals surface area contributed by atoms with E-state index in [0.29, 0.717) is 6.04 Å². The van der Waals surface area contributed by atoms with E-state index in [1.807, 2.05) is 0 Å². The highest BCUT2D eigenvalue weighted by Gasteiger charge is 2.67. The molecule has 1 N–H and O–H groups in total. The van der Waals surface area contributed by atoms with Crippen LogP contribution in [0.1, 0.15) is 25.7 Å². The van der Waals surface area contributed by atoms with Gasteiger partial charge in [0, 0.05) is 6.42 Å².